The summed E-state index contributed by atoms with van der Waals surface area (Å²) in [5.41, 5.74) is 1.92. The quantitative estimate of drug-likeness (QED) is 0.637. The van der Waals surface area contributed by atoms with E-state index in [9.17, 15) is 4.79 Å². The molecule has 0 aliphatic carbocycles. The van der Waals surface area contributed by atoms with Crippen LogP contribution in [0.15, 0.2) is 24.5 Å². The second-order valence-corrected chi connectivity index (χ2v) is 8.22. The van der Waals surface area contributed by atoms with E-state index >= 15 is 0 Å². The zero-order valence-corrected chi connectivity index (χ0v) is 17.8. The summed E-state index contributed by atoms with van der Waals surface area (Å²) < 4.78 is 5.20. The van der Waals surface area contributed by atoms with Crippen LogP contribution in [-0.2, 0) is 4.74 Å². The first kappa shape index (κ1) is 19.6. The molecule has 3 aromatic rings. The van der Waals surface area contributed by atoms with Gasteiger partial charge in [-0.15, -0.1) is 11.3 Å². The van der Waals surface area contributed by atoms with Gasteiger partial charge in [0.25, 0.3) is 0 Å². The number of piperidine rings is 1. The molecule has 1 fully saturated rings. The first-order chi connectivity index (χ1) is 14.1. The van der Waals surface area contributed by atoms with E-state index < -0.39 is 0 Å². The summed E-state index contributed by atoms with van der Waals surface area (Å²) in [6.45, 7) is 7.91. The number of rotatable bonds is 5. The largest absolute Gasteiger partial charge is 0.462 e. The summed E-state index contributed by atoms with van der Waals surface area (Å²) in [5, 5.41) is 4.51. The van der Waals surface area contributed by atoms with Gasteiger partial charge in [0.2, 0.25) is 0 Å². The molecule has 1 aliphatic rings. The molecule has 29 heavy (non-hydrogen) atoms. The standard InChI is InChI=1S/C21H25N5O2S/c1-4-28-21(27)18-14(3)17-19(22-12-23-20(17)29-18)26-10-8-15(9-11-26)25-16-7-5-6-13(2)24-16/h5-7,12,15H,4,8-11H2,1-3H3,(H,24,25). The van der Waals surface area contributed by atoms with Crippen LogP contribution in [0, 0.1) is 13.8 Å². The van der Waals surface area contributed by atoms with E-state index in [0.29, 0.717) is 17.5 Å². The fraction of sp³-hybridized carbons (Fsp3) is 0.429. The highest BCUT2D eigenvalue weighted by atomic mass is 32.1. The van der Waals surface area contributed by atoms with Crippen LogP contribution in [0.5, 0.6) is 0 Å². The minimum atomic E-state index is -0.285. The summed E-state index contributed by atoms with van der Waals surface area (Å²) in [6.07, 6.45) is 3.58. The topological polar surface area (TPSA) is 80.2 Å². The zero-order chi connectivity index (χ0) is 20.4. The molecule has 4 heterocycles. The maximum absolute atomic E-state index is 12.3. The average Bonchev–Trinajstić information content (AvgIpc) is 3.06. The summed E-state index contributed by atoms with van der Waals surface area (Å²) in [4.78, 5) is 29.5. The lowest BCUT2D eigenvalue weighted by Gasteiger charge is -2.33. The Balaban J connectivity index is 1.51. The predicted molar refractivity (Wildman–Crippen MR) is 116 cm³/mol. The van der Waals surface area contributed by atoms with E-state index in [4.69, 9.17) is 4.74 Å². The number of esters is 1. The molecular formula is C21H25N5O2S. The Morgan fingerprint density at radius 3 is 2.79 bits per heavy atom. The predicted octanol–water partition coefficient (Wildman–Crippen LogP) is 3.96. The fourth-order valence-electron chi connectivity index (χ4n) is 3.75. The van der Waals surface area contributed by atoms with Crippen molar-refractivity contribution in [2.45, 2.75) is 39.7 Å². The number of fused-ring (bicyclic) bond motifs is 1. The van der Waals surface area contributed by atoms with Gasteiger partial charge in [0, 0.05) is 24.8 Å². The van der Waals surface area contributed by atoms with Gasteiger partial charge in [-0.05, 0) is 51.3 Å². The van der Waals surface area contributed by atoms with Crippen molar-refractivity contribution >= 4 is 39.2 Å². The van der Waals surface area contributed by atoms with Crippen molar-refractivity contribution in [3.05, 3.63) is 40.7 Å². The number of carbonyl (C=O) groups is 1. The van der Waals surface area contributed by atoms with E-state index in [1.165, 1.54) is 11.3 Å². The van der Waals surface area contributed by atoms with Crippen molar-refractivity contribution in [2.75, 3.05) is 29.9 Å². The number of nitrogens with one attached hydrogen (secondary N) is 1. The second kappa shape index (κ2) is 8.32. The maximum atomic E-state index is 12.3. The van der Waals surface area contributed by atoms with Gasteiger partial charge in [0.05, 0.1) is 12.0 Å². The molecule has 0 bridgehead atoms. The Labute approximate surface area is 174 Å². The van der Waals surface area contributed by atoms with Gasteiger partial charge < -0.3 is 15.0 Å². The van der Waals surface area contributed by atoms with E-state index in [1.54, 1.807) is 6.33 Å². The van der Waals surface area contributed by atoms with Crippen LogP contribution in [0.25, 0.3) is 10.2 Å². The lowest BCUT2D eigenvalue weighted by molar-refractivity contribution is 0.0531. The lowest BCUT2D eigenvalue weighted by Crippen LogP contribution is -2.39. The Bertz CT molecular complexity index is 1030. The highest BCUT2D eigenvalue weighted by molar-refractivity contribution is 7.20. The van der Waals surface area contributed by atoms with Gasteiger partial charge >= 0.3 is 5.97 Å². The minimum Gasteiger partial charge on any atom is -0.462 e. The van der Waals surface area contributed by atoms with Gasteiger partial charge in [-0.3, -0.25) is 0 Å². The average molecular weight is 412 g/mol. The van der Waals surface area contributed by atoms with E-state index in [2.05, 4.69) is 25.2 Å². The van der Waals surface area contributed by atoms with Crippen LogP contribution >= 0.6 is 11.3 Å². The third-order valence-electron chi connectivity index (χ3n) is 5.20. The molecule has 0 amide bonds. The van der Waals surface area contributed by atoms with E-state index in [-0.39, 0.29) is 5.97 Å². The molecule has 8 heteroatoms. The first-order valence-electron chi connectivity index (χ1n) is 9.93. The van der Waals surface area contributed by atoms with Gasteiger partial charge in [0.1, 0.15) is 27.7 Å². The Morgan fingerprint density at radius 1 is 1.28 bits per heavy atom. The van der Waals surface area contributed by atoms with Crippen LogP contribution in [0.3, 0.4) is 0 Å². The molecule has 0 atom stereocenters. The van der Waals surface area contributed by atoms with Gasteiger partial charge in [-0.1, -0.05) is 6.07 Å². The zero-order valence-electron chi connectivity index (χ0n) is 16.9. The van der Waals surface area contributed by atoms with Crippen molar-refractivity contribution in [1.29, 1.82) is 0 Å². The molecule has 1 N–H and O–H groups in total. The number of pyridine rings is 1. The van der Waals surface area contributed by atoms with Crippen LogP contribution in [0.2, 0.25) is 0 Å². The molecule has 1 saturated heterocycles. The summed E-state index contributed by atoms with van der Waals surface area (Å²) in [6, 6.07) is 6.43. The SMILES string of the molecule is CCOC(=O)c1sc2ncnc(N3CCC(Nc4cccc(C)n4)CC3)c2c1C. The maximum Gasteiger partial charge on any atom is 0.348 e. The van der Waals surface area contributed by atoms with Gasteiger partial charge in [-0.2, -0.15) is 0 Å². The molecule has 7 nitrogen and oxygen atoms in total. The summed E-state index contributed by atoms with van der Waals surface area (Å²) in [5.74, 6) is 1.56. The number of nitrogens with zero attached hydrogens (tertiary/aromatic N) is 4. The molecule has 0 saturated carbocycles. The number of aryl methyl sites for hydroxylation is 2. The van der Waals surface area contributed by atoms with Crippen LogP contribution in [0.1, 0.15) is 40.7 Å². The van der Waals surface area contributed by atoms with Crippen molar-refractivity contribution in [3.63, 3.8) is 0 Å². The molecule has 0 spiro atoms. The van der Waals surface area contributed by atoms with Crippen LogP contribution in [-0.4, -0.2) is 46.7 Å². The third-order valence-corrected chi connectivity index (χ3v) is 6.38. The molecule has 0 radical (unpaired) electrons. The second-order valence-electron chi connectivity index (χ2n) is 7.22. The van der Waals surface area contributed by atoms with E-state index in [0.717, 1.165) is 59.0 Å². The van der Waals surface area contributed by atoms with Crippen molar-refractivity contribution in [2.24, 2.45) is 0 Å². The molecular weight excluding hydrogens is 386 g/mol. The first-order valence-corrected chi connectivity index (χ1v) is 10.7. The van der Waals surface area contributed by atoms with Crippen molar-refractivity contribution < 1.29 is 9.53 Å². The fourth-order valence-corrected chi connectivity index (χ4v) is 4.79. The number of hydrogen-bond donors (Lipinski definition) is 1. The molecule has 0 unspecified atom stereocenters. The number of thiophene rings is 1. The highest BCUT2D eigenvalue weighted by Crippen LogP contribution is 2.36. The van der Waals surface area contributed by atoms with Crippen LogP contribution in [0.4, 0.5) is 11.6 Å². The monoisotopic (exact) mass is 411 g/mol. The number of anilines is 2. The van der Waals surface area contributed by atoms with Crippen LogP contribution < -0.4 is 10.2 Å². The lowest BCUT2D eigenvalue weighted by atomic mass is 10.0. The number of ether oxygens (including phenoxy) is 1. The summed E-state index contributed by atoms with van der Waals surface area (Å²) in [7, 11) is 0. The molecule has 0 aromatic carbocycles. The smallest absolute Gasteiger partial charge is 0.348 e. The Hall–Kier alpha value is -2.74. The minimum absolute atomic E-state index is 0.285. The van der Waals surface area contributed by atoms with Crippen molar-refractivity contribution in [3.8, 4) is 0 Å². The number of aromatic nitrogens is 3. The van der Waals surface area contributed by atoms with Gasteiger partial charge in [-0.25, -0.2) is 19.7 Å². The van der Waals surface area contributed by atoms with Crippen molar-refractivity contribution in [1.82, 2.24) is 15.0 Å². The molecule has 3 aromatic heterocycles. The number of carbonyl (C=O) groups excluding carboxylic acids is 1. The Kier molecular flexibility index (Phi) is 5.62. The summed E-state index contributed by atoms with van der Waals surface area (Å²) >= 11 is 1.38. The third kappa shape index (κ3) is 4.03. The number of hydrogen-bond acceptors (Lipinski definition) is 8. The normalized spacial score (nSPS) is 14.9. The van der Waals surface area contributed by atoms with Gasteiger partial charge in [0.15, 0.2) is 0 Å². The van der Waals surface area contributed by atoms with E-state index in [1.807, 2.05) is 39.0 Å². The molecule has 152 valence electrons. The highest BCUT2D eigenvalue weighted by Gasteiger charge is 2.25. The molecule has 4 rings (SSSR count). The Morgan fingerprint density at radius 2 is 2.07 bits per heavy atom. The molecule has 1 aliphatic heterocycles.